The summed E-state index contributed by atoms with van der Waals surface area (Å²) in [5.41, 5.74) is -0.438. The third kappa shape index (κ3) is 4.92. The third-order valence-electron chi connectivity index (χ3n) is 6.36. The van der Waals surface area contributed by atoms with Crippen molar-refractivity contribution in [2.75, 3.05) is 24.2 Å². The molecule has 36 heavy (non-hydrogen) atoms. The molecule has 2 heterocycles. The minimum atomic E-state index is -2.44. The standard InChI is InChI=1S/C24H31FN6O4S/c1-3-8-36-24-27-22(26-16-10-14(16)13-5-4-12(2)15(25)9-13)19-23(28-24)31(30-29-19)17-11-18(35-7-6-32)21(34)20(17)33/h4-5,9,14,16-18,20-21,32-34H,3,6-8,10-11H2,1-2H3,(H,26,27,28)/t14-,16+,17+,18-,20-,21+/m0/s1/i7D2,8D2,14D. The smallest absolute Gasteiger partial charge is 0.191 e. The van der Waals surface area contributed by atoms with E-state index in [1.54, 1.807) is 26.0 Å². The lowest BCUT2D eigenvalue weighted by atomic mass is 10.1. The molecule has 5 rings (SSSR count). The molecule has 2 fully saturated rings. The number of halogens is 1. The Bertz CT molecular complexity index is 1450. The molecule has 1 aromatic carbocycles. The Morgan fingerprint density at radius 2 is 2.14 bits per heavy atom. The normalized spacial score (nSPS) is 32.5. The SMILES string of the molecule is [2H]C([2H])(CO)O[C@H]1C[C@@H](n2nnc3c(N[C@@H]4C[C@@]4([2H])c4ccc(C)c(F)c4)nc(SC([2H])([2H])CC)nc32)[C@H](O)[C@@H]1O. The van der Waals surface area contributed by atoms with Gasteiger partial charge in [-0.15, -0.1) is 5.10 Å². The number of aliphatic hydroxyl groups excluding tert-OH is 3. The Morgan fingerprint density at radius 3 is 2.89 bits per heavy atom. The molecule has 2 saturated carbocycles. The second kappa shape index (κ2) is 10.5. The number of anilines is 1. The molecule has 0 amide bonds. The Balaban J connectivity index is 1.49. The highest BCUT2D eigenvalue weighted by molar-refractivity contribution is 7.99. The zero-order valence-corrected chi connectivity index (χ0v) is 20.5. The lowest BCUT2D eigenvalue weighted by Gasteiger charge is -2.17. The molecule has 0 aliphatic heterocycles. The molecule has 0 radical (unpaired) electrons. The van der Waals surface area contributed by atoms with Crippen molar-refractivity contribution in [2.45, 2.75) is 74.6 Å². The van der Waals surface area contributed by atoms with Crippen LogP contribution in [0.3, 0.4) is 0 Å². The summed E-state index contributed by atoms with van der Waals surface area (Å²) in [6.07, 6.45) is -3.66. The van der Waals surface area contributed by atoms with Crippen LogP contribution in [0, 0.1) is 12.7 Å². The summed E-state index contributed by atoms with van der Waals surface area (Å²) < 4.78 is 61.4. The minimum Gasteiger partial charge on any atom is -0.394 e. The van der Waals surface area contributed by atoms with Crippen LogP contribution in [0.5, 0.6) is 0 Å². The van der Waals surface area contributed by atoms with Crippen molar-refractivity contribution in [3.05, 3.63) is 35.1 Å². The summed E-state index contributed by atoms with van der Waals surface area (Å²) in [6, 6.07) is 3.27. The van der Waals surface area contributed by atoms with Crippen molar-refractivity contribution in [1.82, 2.24) is 25.0 Å². The molecule has 6 atom stereocenters. The van der Waals surface area contributed by atoms with Gasteiger partial charge in [0.25, 0.3) is 0 Å². The number of hydrogen-bond acceptors (Lipinski definition) is 10. The van der Waals surface area contributed by atoms with Crippen molar-refractivity contribution < 1.29 is 31.3 Å². The lowest BCUT2D eigenvalue weighted by Crippen LogP contribution is -2.33. The minimum absolute atomic E-state index is 0.0467. The fraction of sp³-hybridized carbons (Fsp3) is 0.583. The fourth-order valence-electron chi connectivity index (χ4n) is 4.36. The van der Waals surface area contributed by atoms with Gasteiger partial charge >= 0.3 is 0 Å². The number of thioether (sulfide) groups is 1. The maximum atomic E-state index is 14.2. The highest BCUT2D eigenvalue weighted by Gasteiger charge is 2.45. The van der Waals surface area contributed by atoms with Crippen LogP contribution in [0.4, 0.5) is 10.2 Å². The lowest BCUT2D eigenvalue weighted by molar-refractivity contribution is -0.0629. The monoisotopic (exact) mass is 523 g/mol. The van der Waals surface area contributed by atoms with Gasteiger partial charge in [0.2, 0.25) is 0 Å². The van der Waals surface area contributed by atoms with E-state index in [2.05, 4.69) is 25.6 Å². The molecule has 2 aromatic heterocycles. The van der Waals surface area contributed by atoms with Crippen molar-refractivity contribution >= 4 is 28.7 Å². The summed E-state index contributed by atoms with van der Waals surface area (Å²) in [5, 5.41) is 42.1. The number of aliphatic hydroxyl groups is 3. The molecule has 0 bridgehead atoms. The summed E-state index contributed by atoms with van der Waals surface area (Å²) in [7, 11) is 0. The van der Waals surface area contributed by atoms with E-state index in [1.165, 1.54) is 10.7 Å². The van der Waals surface area contributed by atoms with E-state index in [-0.39, 0.29) is 35.0 Å². The average molecular weight is 524 g/mol. The van der Waals surface area contributed by atoms with E-state index in [0.29, 0.717) is 17.5 Å². The van der Waals surface area contributed by atoms with Crippen molar-refractivity contribution in [3.63, 3.8) is 0 Å². The van der Waals surface area contributed by atoms with Crippen molar-refractivity contribution in [2.24, 2.45) is 0 Å². The van der Waals surface area contributed by atoms with E-state index in [4.69, 9.17) is 11.6 Å². The Kier molecular flexibility index (Phi) is 5.77. The average Bonchev–Trinajstić information content (AvgIpc) is 3.24. The van der Waals surface area contributed by atoms with Crippen LogP contribution < -0.4 is 5.32 Å². The molecule has 2 aliphatic carbocycles. The molecule has 0 saturated heterocycles. The summed E-state index contributed by atoms with van der Waals surface area (Å²) in [4.78, 5) is 8.93. The Labute approximate surface area is 219 Å². The van der Waals surface area contributed by atoms with E-state index in [9.17, 15) is 19.7 Å². The van der Waals surface area contributed by atoms with Crippen molar-refractivity contribution in [1.29, 1.82) is 0 Å². The number of nitrogens with zero attached hydrogens (tertiary/aromatic N) is 5. The van der Waals surface area contributed by atoms with Gasteiger partial charge in [0, 0.05) is 28.2 Å². The van der Waals surface area contributed by atoms with Gasteiger partial charge in [0.1, 0.15) is 18.0 Å². The van der Waals surface area contributed by atoms with Gasteiger partial charge in [0.15, 0.2) is 22.1 Å². The van der Waals surface area contributed by atoms with Gasteiger partial charge < -0.3 is 25.4 Å². The molecule has 194 valence electrons. The van der Waals surface area contributed by atoms with Crippen LogP contribution in [0.15, 0.2) is 23.4 Å². The first-order valence-electron chi connectivity index (χ1n) is 14.2. The number of fused-ring (bicyclic) bond motifs is 1. The van der Waals surface area contributed by atoms with Gasteiger partial charge in [-0.3, -0.25) is 0 Å². The number of rotatable bonds is 10. The van der Waals surface area contributed by atoms with Crippen LogP contribution in [-0.4, -0.2) is 83.5 Å². The third-order valence-corrected chi connectivity index (χ3v) is 7.16. The fourth-order valence-corrected chi connectivity index (χ4v) is 4.91. The van der Waals surface area contributed by atoms with E-state index < -0.39 is 61.0 Å². The molecular formula is C24H31FN6O4S. The molecule has 3 aromatic rings. The van der Waals surface area contributed by atoms with Crippen LogP contribution in [-0.2, 0) is 4.74 Å². The molecule has 2 aliphatic rings. The second-order valence-corrected chi connectivity index (χ2v) is 9.65. The Hall–Kier alpha value is -2.38. The predicted molar refractivity (Wildman–Crippen MR) is 133 cm³/mol. The number of nitrogens with one attached hydrogen (secondary N) is 1. The number of benzene rings is 1. The predicted octanol–water partition coefficient (Wildman–Crippen LogP) is 2.18. The summed E-state index contributed by atoms with van der Waals surface area (Å²) in [5.74, 6) is -1.35. The first-order valence-corrected chi connectivity index (χ1v) is 12.5. The molecule has 4 N–H and O–H groups in total. The molecular weight excluding hydrogens is 487 g/mol. The maximum absolute atomic E-state index is 14.2. The van der Waals surface area contributed by atoms with E-state index >= 15 is 0 Å². The van der Waals surface area contributed by atoms with Crippen LogP contribution in [0.25, 0.3) is 11.2 Å². The number of aromatic nitrogens is 5. The first-order chi connectivity index (χ1) is 19.2. The van der Waals surface area contributed by atoms with Crippen molar-refractivity contribution in [3.8, 4) is 0 Å². The summed E-state index contributed by atoms with van der Waals surface area (Å²) >= 11 is 0.781. The van der Waals surface area contributed by atoms with Crippen LogP contribution in [0.2, 0.25) is 0 Å². The second-order valence-electron chi connectivity index (χ2n) is 8.79. The van der Waals surface area contributed by atoms with Crippen LogP contribution in [0.1, 0.15) is 56.1 Å². The van der Waals surface area contributed by atoms with E-state index in [0.717, 1.165) is 11.8 Å². The van der Waals surface area contributed by atoms with Crippen LogP contribution >= 0.6 is 11.8 Å². The number of hydrogen-bond donors (Lipinski definition) is 4. The zero-order chi connectivity index (χ0) is 29.9. The quantitative estimate of drug-likeness (QED) is 0.231. The highest BCUT2D eigenvalue weighted by Crippen LogP contribution is 2.44. The first kappa shape index (κ1) is 19.7. The van der Waals surface area contributed by atoms with Gasteiger partial charge in [0.05, 0.1) is 28.1 Å². The topological polar surface area (TPSA) is 138 Å². The van der Waals surface area contributed by atoms with Gasteiger partial charge in [-0.1, -0.05) is 36.0 Å². The van der Waals surface area contributed by atoms with Gasteiger partial charge in [-0.05, 0) is 37.0 Å². The van der Waals surface area contributed by atoms with Gasteiger partial charge in [-0.25, -0.2) is 19.0 Å². The summed E-state index contributed by atoms with van der Waals surface area (Å²) in [6.45, 7) is -0.0611. The Morgan fingerprint density at radius 1 is 1.31 bits per heavy atom. The number of aryl methyl sites for hydroxylation is 1. The zero-order valence-electron chi connectivity index (χ0n) is 24.7. The molecule has 0 unspecified atom stereocenters. The molecule has 10 nitrogen and oxygen atoms in total. The molecule has 0 spiro atoms. The maximum Gasteiger partial charge on any atom is 0.191 e. The van der Waals surface area contributed by atoms with E-state index in [1.807, 2.05) is 0 Å². The largest absolute Gasteiger partial charge is 0.394 e. The number of ether oxygens (including phenoxy) is 1. The van der Waals surface area contributed by atoms with Gasteiger partial charge in [-0.2, -0.15) is 0 Å². The molecule has 12 heteroatoms. The highest BCUT2D eigenvalue weighted by atomic mass is 32.2.